The third kappa shape index (κ3) is 1.94. The molecule has 1 aromatic heterocycles. The number of imidazole rings is 1. The van der Waals surface area contributed by atoms with Gasteiger partial charge in [0.1, 0.15) is 0 Å². The van der Waals surface area contributed by atoms with Gasteiger partial charge in [0.15, 0.2) is 0 Å². The minimum Gasteiger partial charge on any atom is -0.369 e. The van der Waals surface area contributed by atoms with Gasteiger partial charge in [-0.05, 0) is 31.9 Å². The molecule has 16 heavy (non-hydrogen) atoms. The predicted octanol–water partition coefficient (Wildman–Crippen LogP) is 2.44. The zero-order valence-electron chi connectivity index (χ0n) is 9.99. The standard InChI is InChI=1S/C13H17N3/c1-9-4-5-12(10(2)6-9)8-16-11(3)7-15-13(16)14/h4-7H,8H2,1-3H3,(H2,14,15). The van der Waals surface area contributed by atoms with Crippen LogP contribution in [0.1, 0.15) is 22.4 Å². The Morgan fingerprint density at radius 2 is 2.00 bits per heavy atom. The fourth-order valence-corrected chi connectivity index (χ4v) is 1.88. The number of nitrogens with zero attached hydrogens (tertiary/aromatic N) is 2. The Morgan fingerprint density at radius 3 is 2.56 bits per heavy atom. The molecule has 2 aromatic rings. The molecule has 84 valence electrons. The van der Waals surface area contributed by atoms with Crippen LogP contribution in [0, 0.1) is 20.8 Å². The lowest BCUT2D eigenvalue weighted by molar-refractivity contribution is 0.778. The number of benzene rings is 1. The maximum Gasteiger partial charge on any atom is 0.200 e. The van der Waals surface area contributed by atoms with Crippen LogP contribution in [0.4, 0.5) is 5.95 Å². The molecule has 3 heteroatoms. The summed E-state index contributed by atoms with van der Waals surface area (Å²) in [7, 11) is 0. The number of rotatable bonds is 2. The minimum absolute atomic E-state index is 0.581. The zero-order chi connectivity index (χ0) is 11.7. The van der Waals surface area contributed by atoms with Crippen LogP contribution in [0.2, 0.25) is 0 Å². The van der Waals surface area contributed by atoms with E-state index in [0.717, 1.165) is 12.2 Å². The summed E-state index contributed by atoms with van der Waals surface area (Å²) in [5.41, 5.74) is 10.8. The summed E-state index contributed by atoms with van der Waals surface area (Å²) in [5, 5.41) is 0. The Morgan fingerprint density at radius 1 is 1.25 bits per heavy atom. The maximum atomic E-state index is 5.82. The Kier molecular flexibility index (Phi) is 2.69. The zero-order valence-corrected chi connectivity index (χ0v) is 9.99. The third-order valence-electron chi connectivity index (χ3n) is 2.91. The number of nitrogen functional groups attached to an aromatic ring is 1. The van der Waals surface area contributed by atoms with Crippen molar-refractivity contribution in [1.82, 2.24) is 9.55 Å². The van der Waals surface area contributed by atoms with Gasteiger partial charge in [-0.1, -0.05) is 23.8 Å². The van der Waals surface area contributed by atoms with Crippen molar-refractivity contribution < 1.29 is 0 Å². The van der Waals surface area contributed by atoms with Crippen molar-refractivity contribution in [2.24, 2.45) is 0 Å². The quantitative estimate of drug-likeness (QED) is 0.836. The van der Waals surface area contributed by atoms with E-state index in [1.54, 1.807) is 6.20 Å². The highest BCUT2D eigenvalue weighted by Crippen LogP contribution is 2.15. The average molecular weight is 215 g/mol. The number of hydrogen-bond acceptors (Lipinski definition) is 2. The molecule has 0 saturated carbocycles. The van der Waals surface area contributed by atoms with E-state index in [9.17, 15) is 0 Å². The van der Waals surface area contributed by atoms with Gasteiger partial charge in [-0.25, -0.2) is 4.98 Å². The van der Waals surface area contributed by atoms with Crippen molar-refractivity contribution >= 4 is 5.95 Å². The molecule has 0 unspecified atom stereocenters. The number of aromatic nitrogens is 2. The van der Waals surface area contributed by atoms with Crippen LogP contribution in [0.3, 0.4) is 0 Å². The summed E-state index contributed by atoms with van der Waals surface area (Å²) >= 11 is 0. The first-order chi connectivity index (χ1) is 7.58. The van der Waals surface area contributed by atoms with E-state index in [-0.39, 0.29) is 0 Å². The molecule has 1 heterocycles. The van der Waals surface area contributed by atoms with E-state index in [1.807, 2.05) is 11.5 Å². The highest BCUT2D eigenvalue weighted by atomic mass is 15.1. The molecule has 0 radical (unpaired) electrons. The molecule has 0 saturated heterocycles. The Labute approximate surface area is 95.9 Å². The average Bonchev–Trinajstić information content (AvgIpc) is 2.53. The van der Waals surface area contributed by atoms with Gasteiger partial charge in [-0.15, -0.1) is 0 Å². The van der Waals surface area contributed by atoms with Crippen LogP contribution in [0.5, 0.6) is 0 Å². The van der Waals surface area contributed by atoms with Crippen LogP contribution < -0.4 is 5.73 Å². The molecule has 0 amide bonds. The smallest absolute Gasteiger partial charge is 0.200 e. The van der Waals surface area contributed by atoms with Gasteiger partial charge in [-0.3, -0.25) is 0 Å². The molecule has 0 spiro atoms. The summed E-state index contributed by atoms with van der Waals surface area (Å²) in [4.78, 5) is 4.10. The second-order valence-corrected chi connectivity index (χ2v) is 4.27. The van der Waals surface area contributed by atoms with Crippen LogP contribution >= 0.6 is 0 Å². The Hall–Kier alpha value is -1.77. The molecule has 0 bridgehead atoms. The largest absolute Gasteiger partial charge is 0.369 e. The van der Waals surface area contributed by atoms with Gasteiger partial charge in [0.2, 0.25) is 5.95 Å². The predicted molar refractivity (Wildman–Crippen MR) is 66.4 cm³/mol. The van der Waals surface area contributed by atoms with Crippen molar-refractivity contribution in [1.29, 1.82) is 0 Å². The lowest BCUT2D eigenvalue weighted by atomic mass is 10.1. The SMILES string of the molecule is Cc1ccc(Cn2c(C)cnc2N)c(C)c1. The summed E-state index contributed by atoms with van der Waals surface area (Å²) in [6, 6.07) is 6.48. The monoisotopic (exact) mass is 215 g/mol. The first-order valence-electron chi connectivity index (χ1n) is 5.41. The third-order valence-corrected chi connectivity index (χ3v) is 2.91. The fourth-order valence-electron chi connectivity index (χ4n) is 1.88. The van der Waals surface area contributed by atoms with E-state index >= 15 is 0 Å². The van der Waals surface area contributed by atoms with Gasteiger partial charge in [0, 0.05) is 5.69 Å². The van der Waals surface area contributed by atoms with Gasteiger partial charge in [-0.2, -0.15) is 0 Å². The second kappa shape index (κ2) is 4.00. The maximum absolute atomic E-state index is 5.82. The van der Waals surface area contributed by atoms with Crippen molar-refractivity contribution in [3.8, 4) is 0 Å². The van der Waals surface area contributed by atoms with E-state index in [4.69, 9.17) is 5.73 Å². The minimum atomic E-state index is 0.581. The van der Waals surface area contributed by atoms with Crippen LogP contribution in [-0.4, -0.2) is 9.55 Å². The first kappa shape index (κ1) is 10.7. The fraction of sp³-hybridized carbons (Fsp3) is 0.308. The van der Waals surface area contributed by atoms with Gasteiger partial charge < -0.3 is 10.3 Å². The molecule has 2 rings (SSSR count). The number of anilines is 1. The Balaban J connectivity index is 2.34. The molecule has 3 nitrogen and oxygen atoms in total. The van der Waals surface area contributed by atoms with Gasteiger partial charge in [0.05, 0.1) is 12.7 Å². The van der Waals surface area contributed by atoms with E-state index < -0.39 is 0 Å². The summed E-state index contributed by atoms with van der Waals surface area (Å²) in [5.74, 6) is 0.581. The molecule has 0 aliphatic heterocycles. The van der Waals surface area contributed by atoms with Crippen LogP contribution in [-0.2, 0) is 6.54 Å². The number of nitrogens with two attached hydrogens (primary N) is 1. The molecular weight excluding hydrogens is 198 g/mol. The Bertz CT molecular complexity index is 492. The first-order valence-corrected chi connectivity index (χ1v) is 5.41. The summed E-state index contributed by atoms with van der Waals surface area (Å²) in [6.45, 7) is 7.05. The molecular formula is C13H17N3. The van der Waals surface area contributed by atoms with Crippen molar-refractivity contribution in [2.45, 2.75) is 27.3 Å². The lowest BCUT2D eigenvalue weighted by Gasteiger charge is -2.10. The number of hydrogen-bond donors (Lipinski definition) is 1. The highest BCUT2D eigenvalue weighted by Gasteiger charge is 2.05. The van der Waals surface area contributed by atoms with Crippen molar-refractivity contribution in [2.75, 3.05) is 5.73 Å². The van der Waals surface area contributed by atoms with Gasteiger partial charge >= 0.3 is 0 Å². The normalized spacial score (nSPS) is 10.7. The highest BCUT2D eigenvalue weighted by molar-refractivity contribution is 5.32. The summed E-state index contributed by atoms with van der Waals surface area (Å²) in [6.07, 6.45) is 1.80. The van der Waals surface area contributed by atoms with Crippen molar-refractivity contribution in [3.05, 3.63) is 46.8 Å². The lowest BCUT2D eigenvalue weighted by Crippen LogP contribution is -2.07. The van der Waals surface area contributed by atoms with E-state index in [0.29, 0.717) is 5.95 Å². The molecule has 0 atom stereocenters. The molecule has 0 fully saturated rings. The van der Waals surface area contributed by atoms with Crippen LogP contribution in [0.25, 0.3) is 0 Å². The van der Waals surface area contributed by atoms with Gasteiger partial charge in [0.25, 0.3) is 0 Å². The van der Waals surface area contributed by atoms with E-state index in [1.165, 1.54) is 16.7 Å². The molecule has 0 aliphatic carbocycles. The number of aryl methyl sites for hydroxylation is 3. The molecule has 1 aromatic carbocycles. The molecule has 0 aliphatic rings. The second-order valence-electron chi connectivity index (χ2n) is 4.27. The van der Waals surface area contributed by atoms with Crippen molar-refractivity contribution in [3.63, 3.8) is 0 Å². The topological polar surface area (TPSA) is 43.8 Å². The summed E-state index contributed by atoms with van der Waals surface area (Å²) < 4.78 is 2.03. The van der Waals surface area contributed by atoms with E-state index in [2.05, 4.69) is 37.0 Å². The van der Waals surface area contributed by atoms with Crippen LogP contribution in [0.15, 0.2) is 24.4 Å². The molecule has 2 N–H and O–H groups in total.